The van der Waals surface area contributed by atoms with E-state index in [0.717, 1.165) is 0 Å². The number of benzene rings is 2. The van der Waals surface area contributed by atoms with Crippen LogP contribution in [0.3, 0.4) is 0 Å². The largest absolute Gasteiger partial charge is 0.497 e. The first-order valence-corrected chi connectivity index (χ1v) is 8.62. The molecule has 1 amide bonds. The van der Waals surface area contributed by atoms with E-state index in [-0.39, 0.29) is 11.7 Å². The molecule has 4 nitrogen and oxygen atoms in total. The van der Waals surface area contributed by atoms with Crippen molar-refractivity contribution in [3.63, 3.8) is 0 Å². The summed E-state index contributed by atoms with van der Waals surface area (Å²) in [5.41, 5.74) is 1.10. The van der Waals surface area contributed by atoms with Crippen LogP contribution in [-0.2, 0) is 5.75 Å². The molecule has 0 saturated heterocycles. The molecule has 0 spiro atoms. The van der Waals surface area contributed by atoms with Crippen LogP contribution in [0.2, 0.25) is 0 Å². The molecular weight excluding hydrogens is 329 g/mol. The van der Waals surface area contributed by atoms with Gasteiger partial charge in [0.15, 0.2) is 0 Å². The zero-order valence-electron chi connectivity index (χ0n) is 13.7. The molecule has 0 aliphatic carbocycles. The lowest BCUT2D eigenvalue weighted by molar-refractivity contribution is 0.0953. The van der Waals surface area contributed by atoms with E-state index in [1.165, 1.54) is 13.2 Å². The minimum Gasteiger partial charge on any atom is -0.497 e. The number of methoxy groups -OCH3 is 2. The minimum atomic E-state index is -0.225. The summed E-state index contributed by atoms with van der Waals surface area (Å²) < 4.78 is 23.8. The lowest BCUT2D eigenvalue weighted by atomic mass is 10.1. The van der Waals surface area contributed by atoms with E-state index >= 15 is 0 Å². The van der Waals surface area contributed by atoms with Gasteiger partial charge in [0.05, 0.1) is 19.8 Å². The molecule has 24 heavy (non-hydrogen) atoms. The highest BCUT2D eigenvalue weighted by atomic mass is 32.2. The van der Waals surface area contributed by atoms with Gasteiger partial charge in [0, 0.05) is 18.1 Å². The fourth-order valence-electron chi connectivity index (χ4n) is 2.12. The van der Waals surface area contributed by atoms with Crippen molar-refractivity contribution in [2.24, 2.45) is 0 Å². The van der Waals surface area contributed by atoms with Crippen LogP contribution in [0.1, 0.15) is 15.9 Å². The second-order valence-corrected chi connectivity index (χ2v) is 6.07. The van der Waals surface area contributed by atoms with Gasteiger partial charge in [0.1, 0.15) is 17.3 Å². The number of carbonyl (C=O) groups excluding carboxylic acids is 1. The Bertz CT molecular complexity index is 694. The van der Waals surface area contributed by atoms with E-state index in [0.29, 0.717) is 40.7 Å². The van der Waals surface area contributed by atoms with Gasteiger partial charge in [-0.1, -0.05) is 18.2 Å². The number of amides is 1. The quantitative estimate of drug-likeness (QED) is 0.741. The van der Waals surface area contributed by atoms with E-state index in [4.69, 9.17) is 9.47 Å². The maximum absolute atomic E-state index is 13.5. The van der Waals surface area contributed by atoms with Crippen molar-refractivity contribution in [1.29, 1.82) is 0 Å². The van der Waals surface area contributed by atoms with Gasteiger partial charge in [0.25, 0.3) is 5.91 Å². The van der Waals surface area contributed by atoms with Crippen LogP contribution in [0, 0.1) is 5.82 Å². The lowest BCUT2D eigenvalue weighted by Gasteiger charge is -2.11. The molecule has 0 aromatic heterocycles. The number of halogens is 1. The van der Waals surface area contributed by atoms with Gasteiger partial charge >= 0.3 is 0 Å². The van der Waals surface area contributed by atoms with Crippen LogP contribution in [0.25, 0.3) is 0 Å². The fourth-order valence-corrected chi connectivity index (χ4v) is 2.97. The zero-order chi connectivity index (χ0) is 17.4. The zero-order valence-corrected chi connectivity index (χ0v) is 14.5. The maximum Gasteiger partial charge on any atom is 0.255 e. The molecule has 2 aromatic carbocycles. The molecule has 0 aliphatic rings. The summed E-state index contributed by atoms with van der Waals surface area (Å²) in [7, 11) is 3.06. The second kappa shape index (κ2) is 9.17. The van der Waals surface area contributed by atoms with Crippen molar-refractivity contribution < 1.29 is 18.7 Å². The molecule has 6 heteroatoms. The van der Waals surface area contributed by atoms with Crippen LogP contribution < -0.4 is 14.8 Å². The predicted octanol–water partition coefficient (Wildman–Crippen LogP) is 3.51. The van der Waals surface area contributed by atoms with Crippen LogP contribution in [0.15, 0.2) is 42.5 Å². The molecule has 0 heterocycles. The van der Waals surface area contributed by atoms with Gasteiger partial charge in [-0.25, -0.2) is 4.39 Å². The van der Waals surface area contributed by atoms with Crippen molar-refractivity contribution in [2.75, 3.05) is 26.5 Å². The third-order valence-corrected chi connectivity index (χ3v) is 4.41. The Morgan fingerprint density at radius 1 is 1.17 bits per heavy atom. The molecule has 0 saturated carbocycles. The average Bonchev–Trinajstić information content (AvgIpc) is 2.62. The van der Waals surface area contributed by atoms with Gasteiger partial charge in [-0.3, -0.25) is 4.79 Å². The average molecular weight is 349 g/mol. The van der Waals surface area contributed by atoms with Crippen LogP contribution in [0.5, 0.6) is 11.5 Å². The molecule has 0 unspecified atom stereocenters. The molecule has 2 rings (SSSR count). The third kappa shape index (κ3) is 4.89. The Hall–Kier alpha value is -2.21. The van der Waals surface area contributed by atoms with E-state index in [2.05, 4.69) is 5.32 Å². The van der Waals surface area contributed by atoms with Crippen LogP contribution in [0.4, 0.5) is 4.39 Å². The monoisotopic (exact) mass is 349 g/mol. The summed E-state index contributed by atoms with van der Waals surface area (Å²) in [6.07, 6.45) is 0. The van der Waals surface area contributed by atoms with Crippen LogP contribution >= 0.6 is 11.8 Å². The predicted molar refractivity (Wildman–Crippen MR) is 94.4 cm³/mol. The highest BCUT2D eigenvalue weighted by Gasteiger charge is 2.13. The van der Waals surface area contributed by atoms with Gasteiger partial charge in [-0.05, 0) is 29.8 Å². The molecule has 1 N–H and O–H groups in total. The highest BCUT2D eigenvalue weighted by molar-refractivity contribution is 7.98. The molecule has 0 atom stereocenters. The summed E-state index contributed by atoms with van der Waals surface area (Å²) in [6.45, 7) is 0.484. The minimum absolute atomic E-state index is 0.199. The van der Waals surface area contributed by atoms with Gasteiger partial charge in [-0.2, -0.15) is 11.8 Å². The number of rotatable bonds is 8. The fraction of sp³-hybridized carbons (Fsp3) is 0.278. The summed E-state index contributed by atoms with van der Waals surface area (Å²) >= 11 is 1.56. The summed E-state index contributed by atoms with van der Waals surface area (Å²) in [6, 6.07) is 11.8. The Morgan fingerprint density at radius 2 is 1.96 bits per heavy atom. The summed E-state index contributed by atoms with van der Waals surface area (Å²) in [5, 5.41) is 2.84. The first-order chi connectivity index (χ1) is 11.7. The number of nitrogens with one attached hydrogen (secondary N) is 1. The molecule has 128 valence electrons. The smallest absolute Gasteiger partial charge is 0.255 e. The first-order valence-electron chi connectivity index (χ1n) is 7.47. The Labute approximate surface area is 145 Å². The van der Waals surface area contributed by atoms with E-state index in [1.807, 2.05) is 6.07 Å². The van der Waals surface area contributed by atoms with Crippen molar-refractivity contribution >= 4 is 17.7 Å². The number of hydrogen-bond donors (Lipinski definition) is 1. The molecule has 2 aromatic rings. The van der Waals surface area contributed by atoms with E-state index in [1.54, 1.807) is 49.2 Å². The molecule has 0 radical (unpaired) electrons. The Kier molecular flexibility index (Phi) is 6.93. The first kappa shape index (κ1) is 18.1. The molecule has 0 aliphatic heterocycles. The SMILES string of the molecule is COc1ccc(OC)c(C(=O)NCCSCc2ccccc2F)c1. The number of thioether (sulfide) groups is 1. The Morgan fingerprint density at radius 3 is 2.67 bits per heavy atom. The number of hydrogen-bond acceptors (Lipinski definition) is 4. The van der Waals surface area contributed by atoms with Crippen LogP contribution in [-0.4, -0.2) is 32.4 Å². The summed E-state index contributed by atoms with van der Waals surface area (Å²) in [4.78, 5) is 12.3. The van der Waals surface area contributed by atoms with Gasteiger partial charge < -0.3 is 14.8 Å². The highest BCUT2D eigenvalue weighted by Crippen LogP contribution is 2.23. The Balaban J connectivity index is 1.82. The standard InChI is InChI=1S/C18H20FNO3S/c1-22-14-7-8-17(23-2)15(11-14)18(21)20-9-10-24-12-13-5-3-4-6-16(13)19/h3-8,11H,9-10,12H2,1-2H3,(H,20,21). The van der Waals surface area contributed by atoms with Crippen molar-refractivity contribution in [2.45, 2.75) is 5.75 Å². The molecule has 0 bridgehead atoms. The molecule has 0 fully saturated rings. The van der Waals surface area contributed by atoms with Gasteiger partial charge in [-0.15, -0.1) is 0 Å². The number of carbonyl (C=O) groups is 1. The maximum atomic E-state index is 13.5. The van der Waals surface area contributed by atoms with Crippen molar-refractivity contribution in [3.05, 3.63) is 59.4 Å². The van der Waals surface area contributed by atoms with Crippen molar-refractivity contribution in [3.8, 4) is 11.5 Å². The topological polar surface area (TPSA) is 47.6 Å². The van der Waals surface area contributed by atoms with Gasteiger partial charge in [0.2, 0.25) is 0 Å². The van der Waals surface area contributed by atoms with E-state index < -0.39 is 0 Å². The molecular formula is C18H20FNO3S. The number of ether oxygens (including phenoxy) is 2. The van der Waals surface area contributed by atoms with E-state index in [9.17, 15) is 9.18 Å². The lowest BCUT2D eigenvalue weighted by Crippen LogP contribution is -2.26. The third-order valence-electron chi connectivity index (χ3n) is 3.40. The second-order valence-electron chi connectivity index (χ2n) is 4.97. The summed E-state index contributed by atoms with van der Waals surface area (Å²) in [5.74, 6) is 1.92. The van der Waals surface area contributed by atoms with Crippen molar-refractivity contribution in [1.82, 2.24) is 5.32 Å². The normalized spacial score (nSPS) is 10.3.